The molecule has 0 spiro atoms. The zero-order valence-corrected chi connectivity index (χ0v) is 9.59. The molecule has 0 heterocycles. The van der Waals surface area contributed by atoms with Gasteiger partial charge in [-0.05, 0) is 44.1 Å². The van der Waals surface area contributed by atoms with Crippen molar-refractivity contribution in [3.05, 3.63) is 0 Å². The maximum atomic E-state index is 11.5. The third kappa shape index (κ3) is 3.82. The summed E-state index contributed by atoms with van der Waals surface area (Å²) in [5.74, 6) is 1.80. The van der Waals surface area contributed by atoms with E-state index in [1.807, 2.05) is 0 Å². The van der Waals surface area contributed by atoms with Gasteiger partial charge in [-0.3, -0.25) is 4.79 Å². The van der Waals surface area contributed by atoms with Gasteiger partial charge in [0.05, 0.1) is 6.54 Å². The van der Waals surface area contributed by atoms with Crippen molar-refractivity contribution in [2.24, 2.45) is 11.8 Å². The van der Waals surface area contributed by atoms with E-state index in [1.165, 1.54) is 32.1 Å². The minimum atomic E-state index is 0.180. The second-order valence-electron chi connectivity index (χ2n) is 5.03. The molecule has 0 aromatic rings. The number of hydrogen-bond donors (Lipinski definition) is 2. The first kappa shape index (κ1) is 10.9. The predicted octanol–water partition coefficient (Wildman–Crippen LogP) is 1.29. The Morgan fingerprint density at radius 1 is 1.40 bits per heavy atom. The summed E-state index contributed by atoms with van der Waals surface area (Å²) in [5, 5.41) is 6.30. The third-order valence-electron chi connectivity index (χ3n) is 3.34. The smallest absolute Gasteiger partial charge is 0.234 e. The van der Waals surface area contributed by atoms with Crippen LogP contribution in [-0.2, 0) is 4.79 Å². The van der Waals surface area contributed by atoms with Crippen LogP contribution in [0, 0.1) is 11.8 Å². The zero-order chi connectivity index (χ0) is 10.7. The van der Waals surface area contributed by atoms with Gasteiger partial charge in [0, 0.05) is 6.04 Å². The van der Waals surface area contributed by atoms with Crippen molar-refractivity contribution in [1.82, 2.24) is 10.6 Å². The lowest BCUT2D eigenvalue weighted by atomic mass is 10.2. The number of hydrogen-bond acceptors (Lipinski definition) is 2. The Hall–Kier alpha value is -0.570. The quantitative estimate of drug-likeness (QED) is 0.665. The molecule has 2 saturated carbocycles. The van der Waals surface area contributed by atoms with Crippen molar-refractivity contribution in [1.29, 1.82) is 0 Å². The van der Waals surface area contributed by atoms with E-state index < -0.39 is 0 Å². The van der Waals surface area contributed by atoms with Gasteiger partial charge in [-0.25, -0.2) is 0 Å². The Morgan fingerprint density at radius 2 is 2.20 bits per heavy atom. The SMILES string of the molecule is CCCC1CC1NC(=O)CNCC1CC1. The molecule has 2 aliphatic rings. The molecule has 0 aliphatic heterocycles. The van der Waals surface area contributed by atoms with Crippen LogP contribution in [0.3, 0.4) is 0 Å². The fourth-order valence-corrected chi connectivity index (χ4v) is 2.08. The van der Waals surface area contributed by atoms with Gasteiger partial charge in [0.1, 0.15) is 0 Å². The van der Waals surface area contributed by atoms with E-state index in [0.717, 1.165) is 18.4 Å². The van der Waals surface area contributed by atoms with Gasteiger partial charge in [-0.15, -0.1) is 0 Å². The molecule has 0 bridgehead atoms. The van der Waals surface area contributed by atoms with Gasteiger partial charge in [0.25, 0.3) is 0 Å². The fraction of sp³-hybridized carbons (Fsp3) is 0.917. The molecular formula is C12H22N2O. The molecule has 2 N–H and O–H groups in total. The molecule has 3 heteroatoms. The highest BCUT2D eigenvalue weighted by Crippen LogP contribution is 2.34. The highest BCUT2D eigenvalue weighted by Gasteiger charge is 2.36. The second-order valence-corrected chi connectivity index (χ2v) is 5.03. The van der Waals surface area contributed by atoms with E-state index in [0.29, 0.717) is 12.6 Å². The average molecular weight is 210 g/mol. The fourth-order valence-electron chi connectivity index (χ4n) is 2.08. The Balaban J connectivity index is 1.49. The van der Waals surface area contributed by atoms with Gasteiger partial charge in [-0.2, -0.15) is 0 Å². The topological polar surface area (TPSA) is 41.1 Å². The first-order chi connectivity index (χ1) is 7.29. The van der Waals surface area contributed by atoms with E-state index in [1.54, 1.807) is 0 Å². The largest absolute Gasteiger partial charge is 0.352 e. The highest BCUT2D eigenvalue weighted by molar-refractivity contribution is 5.78. The summed E-state index contributed by atoms with van der Waals surface area (Å²) in [6.07, 6.45) is 6.38. The molecule has 15 heavy (non-hydrogen) atoms. The number of rotatable bonds is 7. The highest BCUT2D eigenvalue weighted by atomic mass is 16.2. The van der Waals surface area contributed by atoms with Crippen LogP contribution >= 0.6 is 0 Å². The van der Waals surface area contributed by atoms with E-state index in [-0.39, 0.29) is 5.91 Å². The number of carbonyl (C=O) groups excluding carboxylic acids is 1. The molecule has 2 aliphatic carbocycles. The normalized spacial score (nSPS) is 28.9. The predicted molar refractivity (Wildman–Crippen MR) is 60.5 cm³/mol. The lowest BCUT2D eigenvalue weighted by Gasteiger charge is -2.05. The van der Waals surface area contributed by atoms with Crippen LogP contribution in [0.1, 0.15) is 39.0 Å². The van der Waals surface area contributed by atoms with Gasteiger partial charge in [0.15, 0.2) is 0 Å². The molecule has 2 rings (SSSR count). The minimum Gasteiger partial charge on any atom is -0.352 e. The van der Waals surface area contributed by atoms with Crippen LogP contribution < -0.4 is 10.6 Å². The Kier molecular flexibility index (Phi) is 3.62. The van der Waals surface area contributed by atoms with Crippen LogP contribution in [0.4, 0.5) is 0 Å². The number of carbonyl (C=O) groups is 1. The summed E-state index contributed by atoms with van der Waals surface area (Å²) in [6.45, 7) is 3.73. The van der Waals surface area contributed by atoms with Crippen LogP contribution in [-0.4, -0.2) is 25.0 Å². The molecule has 86 valence electrons. The lowest BCUT2D eigenvalue weighted by Crippen LogP contribution is -2.36. The molecule has 0 aromatic carbocycles. The van der Waals surface area contributed by atoms with Gasteiger partial charge in [-0.1, -0.05) is 13.3 Å². The summed E-state index contributed by atoms with van der Waals surface area (Å²) in [7, 11) is 0. The lowest BCUT2D eigenvalue weighted by molar-refractivity contribution is -0.120. The van der Waals surface area contributed by atoms with Gasteiger partial charge in [0.2, 0.25) is 5.91 Å². The molecular weight excluding hydrogens is 188 g/mol. The first-order valence-electron chi connectivity index (χ1n) is 6.29. The maximum absolute atomic E-state index is 11.5. The number of nitrogens with one attached hydrogen (secondary N) is 2. The molecule has 2 fully saturated rings. The standard InChI is InChI=1S/C12H22N2O/c1-2-3-10-6-11(10)14-12(15)8-13-7-9-4-5-9/h9-11,13H,2-8H2,1H3,(H,14,15). The summed E-state index contributed by atoms with van der Waals surface area (Å²) < 4.78 is 0. The third-order valence-corrected chi connectivity index (χ3v) is 3.34. The molecule has 0 radical (unpaired) electrons. The van der Waals surface area contributed by atoms with E-state index in [4.69, 9.17) is 0 Å². The second kappa shape index (κ2) is 4.97. The van der Waals surface area contributed by atoms with Gasteiger partial charge < -0.3 is 10.6 Å². The summed E-state index contributed by atoms with van der Waals surface area (Å²) in [5.41, 5.74) is 0. The Bertz CT molecular complexity index is 226. The van der Waals surface area contributed by atoms with Crippen molar-refractivity contribution in [2.45, 2.75) is 45.1 Å². The van der Waals surface area contributed by atoms with Crippen LogP contribution in [0.15, 0.2) is 0 Å². The average Bonchev–Trinajstić information content (AvgIpc) is 3.05. The summed E-state index contributed by atoms with van der Waals surface area (Å²) in [4.78, 5) is 11.5. The van der Waals surface area contributed by atoms with Crippen LogP contribution in [0.5, 0.6) is 0 Å². The molecule has 2 unspecified atom stereocenters. The Morgan fingerprint density at radius 3 is 2.87 bits per heavy atom. The van der Waals surface area contributed by atoms with Crippen LogP contribution in [0.25, 0.3) is 0 Å². The monoisotopic (exact) mass is 210 g/mol. The minimum absolute atomic E-state index is 0.180. The van der Waals surface area contributed by atoms with Crippen molar-refractivity contribution >= 4 is 5.91 Å². The maximum Gasteiger partial charge on any atom is 0.234 e. The van der Waals surface area contributed by atoms with Crippen molar-refractivity contribution in [3.63, 3.8) is 0 Å². The summed E-state index contributed by atoms with van der Waals surface area (Å²) >= 11 is 0. The molecule has 0 saturated heterocycles. The molecule has 1 amide bonds. The zero-order valence-electron chi connectivity index (χ0n) is 9.59. The van der Waals surface area contributed by atoms with Crippen molar-refractivity contribution in [2.75, 3.05) is 13.1 Å². The van der Waals surface area contributed by atoms with Crippen molar-refractivity contribution < 1.29 is 4.79 Å². The van der Waals surface area contributed by atoms with E-state index in [9.17, 15) is 4.79 Å². The first-order valence-corrected chi connectivity index (χ1v) is 6.29. The number of amides is 1. The molecule has 0 aromatic heterocycles. The van der Waals surface area contributed by atoms with Crippen molar-refractivity contribution in [3.8, 4) is 0 Å². The van der Waals surface area contributed by atoms with Crippen LogP contribution in [0.2, 0.25) is 0 Å². The van der Waals surface area contributed by atoms with E-state index >= 15 is 0 Å². The Labute approximate surface area is 92.0 Å². The van der Waals surface area contributed by atoms with Gasteiger partial charge >= 0.3 is 0 Å². The molecule has 2 atom stereocenters. The van der Waals surface area contributed by atoms with E-state index in [2.05, 4.69) is 17.6 Å². The molecule has 3 nitrogen and oxygen atoms in total. The summed E-state index contributed by atoms with van der Waals surface area (Å²) in [6, 6.07) is 0.486.